The van der Waals surface area contributed by atoms with E-state index >= 15 is 0 Å². The number of aliphatic hydroxyl groups is 1. The van der Waals surface area contributed by atoms with Gasteiger partial charge in [-0.05, 0) is 42.7 Å². The summed E-state index contributed by atoms with van der Waals surface area (Å²) in [6.45, 7) is 7.93. The Morgan fingerprint density at radius 1 is 1.18 bits per heavy atom. The highest BCUT2D eigenvalue weighted by Gasteiger charge is 2.71. The number of Topliss-reactive ketones (excluding diaryl/α,β-unsaturated/α-hetero) is 2. The van der Waals surface area contributed by atoms with Gasteiger partial charge < -0.3 is 19.3 Å². The molecule has 0 aromatic carbocycles. The second-order valence-corrected chi connectivity index (χ2v) is 9.30. The minimum Gasteiger partial charge on any atom is -0.493 e. The number of fused-ring (bicyclic) bond motifs is 2. The molecule has 2 fully saturated rings. The molecule has 6 nitrogen and oxygen atoms in total. The van der Waals surface area contributed by atoms with Gasteiger partial charge in [-0.1, -0.05) is 20.8 Å². The molecule has 28 heavy (non-hydrogen) atoms. The van der Waals surface area contributed by atoms with Crippen LogP contribution in [-0.2, 0) is 23.8 Å². The number of ketones is 2. The summed E-state index contributed by atoms with van der Waals surface area (Å²) < 4.78 is 16.9. The molecule has 0 radical (unpaired) electrons. The molecule has 1 saturated carbocycles. The zero-order valence-corrected chi connectivity index (χ0v) is 17.4. The molecule has 0 amide bonds. The van der Waals surface area contributed by atoms with Gasteiger partial charge in [0.1, 0.15) is 0 Å². The summed E-state index contributed by atoms with van der Waals surface area (Å²) in [5.41, 5.74) is -0.644. The Bertz CT molecular complexity index is 797. The number of carbonyl (C=O) groups excluding carboxylic acids is 2. The molecule has 1 heterocycles. The minimum absolute atomic E-state index is 0.0501. The first kappa shape index (κ1) is 19.6. The van der Waals surface area contributed by atoms with Crippen LogP contribution in [0.2, 0.25) is 0 Å². The normalized spacial score (nSPS) is 47.9. The zero-order chi connectivity index (χ0) is 20.6. The third-order valence-electron chi connectivity index (χ3n) is 8.22. The van der Waals surface area contributed by atoms with Crippen molar-refractivity contribution in [1.29, 1.82) is 0 Å². The average Bonchev–Trinajstić information content (AvgIpc) is 2.63. The van der Waals surface area contributed by atoms with E-state index in [4.69, 9.17) is 14.2 Å². The van der Waals surface area contributed by atoms with Crippen molar-refractivity contribution >= 4 is 11.6 Å². The van der Waals surface area contributed by atoms with Crippen LogP contribution in [0.5, 0.6) is 0 Å². The average molecular weight is 390 g/mol. The number of aliphatic hydroxyl groups excluding tert-OH is 1. The van der Waals surface area contributed by atoms with Crippen LogP contribution in [0.1, 0.15) is 40.5 Å². The molecule has 0 spiro atoms. The smallest absolute Gasteiger partial charge is 0.203 e. The van der Waals surface area contributed by atoms with Crippen molar-refractivity contribution in [2.24, 2.45) is 34.5 Å². The Morgan fingerprint density at radius 3 is 2.46 bits per heavy atom. The van der Waals surface area contributed by atoms with Crippen LogP contribution in [0.15, 0.2) is 23.2 Å². The lowest BCUT2D eigenvalue weighted by molar-refractivity contribution is -0.272. The summed E-state index contributed by atoms with van der Waals surface area (Å²) in [5, 5.41) is 10.4. The fraction of sp³-hybridized carbons (Fsp3) is 0.727. The number of hydrogen-bond acceptors (Lipinski definition) is 6. The molecule has 1 unspecified atom stereocenters. The first-order valence-electron chi connectivity index (χ1n) is 10.0. The Hall–Kier alpha value is -1.66. The topological polar surface area (TPSA) is 82.1 Å². The van der Waals surface area contributed by atoms with Gasteiger partial charge in [0.05, 0.1) is 20.3 Å². The largest absolute Gasteiger partial charge is 0.493 e. The lowest BCUT2D eigenvalue weighted by atomic mass is 9.40. The summed E-state index contributed by atoms with van der Waals surface area (Å²) in [6.07, 6.45) is 1.70. The van der Waals surface area contributed by atoms with Gasteiger partial charge in [-0.3, -0.25) is 9.59 Å². The summed E-state index contributed by atoms with van der Waals surface area (Å²) >= 11 is 0. The Morgan fingerprint density at radius 2 is 1.86 bits per heavy atom. The van der Waals surface area contributed by atoms with E-state index in [1.54, 1.807) is 0 Å². The Kier molecular flexibility index (Phi) is 4.33. The number of ether oxygens (including phenoxy) is 3. The SMILES string of the molecule is COC1=C[C@@H](C)[C@@H]2C[C@H]3OC(O)C[C@H]4C(C)=C(OC)C(=O)[C@H]([C@@]2(C)C1=O)[C@@]34C. The molecule has 3 aliphatic carbocycles. The maximum atomic E-state index is 13.7. The van der Waals surface area contributed by atoms with E-state index in [0.717, 1.165) is 5.57 Å². The van der Waals surface area contributed by atoms with Crippen LogP contribution >= 0.6 is 0 Å². The molecular weight excluding hydrogens is 360 g/mol. The van der Waals surface area contributed by atoms with E-state index < -0.39 is 23.0 Å². The maximum Gasteiger partial charge on any atom is 0.203 e. The first-order chi connectivity index (χ1) is 13.1. The van der Waals surface area contributed by atoms with E-state index in [-0.39, 0.29) is 35.4 Å². The van der Waals surface area contributed by atoms with Crippen LogP contribution in [0.4, 0.5) is 0 Å². The van der Waals surface area contributed by atoms with Crippen molar-refractivity contribution in [2.45, 2.75) is 52.9 Å². The molecule has 0 bridgehead atoms. The van der Waals surface area contributed by atoms with Crippen LogP contribution in [0, 0.1) is 34.5 Å². The fourth-order valence-electron chi connectivity index (χ4n) is 6.96. The molecule has 0 aromatic heterocycles. The van der Waals surface area contributed by atoms with Gasteiger partial charge in [0.2, 0.25) is 11.6 Å². The predicted molar refractivity (Wildman–Crippen MR) is 101 cm³/mol. The summed E-state index contributed by atoms with van der Waals surface area (Å²) in [7, 11) is 3.00. The van der Waals surface area contributed by atoms with E-state index in [9.17, 15) is 14.7 Å². The highest BCUT2D eigenvalue weighted by Crippen LogP contribution is 2.67. The van der Waals surface area contributed by atoms with Crippen LogP contribution < -0.4 is 0 Å². The molecule has 4 aliphatic rings. The Labute approximate surface area is 165 Å². The standard InChI is InChI=1S/C22H30O6/c1-10-7-14(26-5)20(25)22(4)12(10)8-15-21(3)13(9-16(23)28-15)11(2)18(27-6)17(24)19(21)22/h7,10,12-13,15-16,19,23H,8-9H2,1-6H3/t10-,12+,13+,15-,16?,19+,21-,22+/m1/s1. The minimum atomic E-state index is -0.907. The molecule has 6 heteroatoms. The third-order valence-corrected chi connectivity index (χ3v) is 8.22. The summed E-state index contributed by atoms with van der Waals surface area (Å²) in [4.78, 5) is 27.3. The van der Waals surface area contributed by atoms with Crippen molar-refractivity contribution in [2.75, 3.05) is 14.2 Å². The predicted octanol–water partition coefficient (Wildman–Crippen LogP) is 2.61. The number of hydrogen-bond donors (Lipinski definition) is 1. The quantitative estimate of drug-likeness (QED) is 0.781. The monoisotopic (exact) mass is 390 g/mol. The number of carbonyl (C=O) groups is 2. The lowest BCUT2D eigenvalue weighted by Crippen LogP contribution is -2.69. The van der Waals surface area contributed by atoms with Crippen molar-refractivity contribution < 1.29 is 28.9 Å². The second kappa shape index (κ2) is 6.17. The third kappa shape index (κ3) is 2.16. The van der Waals surface area contributed by atoms with Crippen molar-refractivity contribution in [1.82, 2.24) is 0 Å². The molecule has 4 rings (SSSR count). The van der Waals surface area contributed by atoms with E-state index in [0.29, 0.717) is 24.4 Å². The van der Waals surface area contributed by atoms with Crippen LogP contribution in [-0.4, -0.2) is 43.3 Å². The Balaban J connectivity index is 1.97. The highest BCUT2D eigenvalue weighted by atomic mass is 16.6. The first-order valence-corrected chi connectivity index (χ1v) is 10.0. The zero-order valence-electron chi connectivity index (χ0n) is 17.4. The van der Waals surface area contributed by atoms with E-state index in [1.165, 1.54) is 14.2 Å². The van der Waals surface area contributed by atoms with Gasteiger partial charge in [0, 0.05) is 23.2 Å². The van der Waals surface area contributed by atoms with Crippen molar-refractivity contribution in [3.63, 3.8) is 0 Å². The molecular formula is C22H30O6. The number of rotatable bonds is 2. The summed E-state index contributed by atoms with van der Waals surface area (Å²) in [5.74, 6) is -0.284. The van der Waals surface area contributed by atoms with Crippen LogP contribution in [0.25, 0.3) is 0 Å². The highest BCUT2D eigenvalue weighted by molar-refractivity contribution is 6.07. The van der Waals surface area contributed by atoms with Gasteiger partial charge in [0.25, 0.3) is 0 Å². The second-order valence-electron chi connectivity index (χ2n) is 9.30. The maximum absolute atomic E-state index is 13.7. The fourth-order valence-corrected chi connectivity index (χ4v) is 6.96. The van der Waals surface area contributed by atoms with Crippen molar-refractivity contribution in [3.8, 4) is 0 Å². The molecule has 8 atom stereocenters. The summed E-state index contributed by atoms with van der Waals surface area (Å²) in [6, 6.07) is 0. The van der Waals surface area contributed by atoms with E-state index in [1.807, 2.05) is 19.9 Å². The van der Waals surface area contributed by atoms with Crippen molar-refractivity contribution in [3.05, 3.63) is 23.2 Å². The molecule has 1 aliphatic heterocycles. The molecule has 1 saturated heterocycles. The van der Waals surface area contributed by atoms with Gasteiger partial charge in [-0.2, -0.15) is 0 Å². The van der Waals surface area contributed by atoms with Gasteiger partial charge in [-0.25, -0.2) is 0 Å². The molecule has 154 valence electrons. The van der Waals surface area contributed by atoms with Gasteiger partial charge in [0.15, 0.2) is 17.8 Å². The molecule has 1 N–H and O–H groups in total. The van der Waals surface area contributed by atoms with Crippen LogP contribution in [0.3, 0.4) is 0 Å². The number of allylic oxidation sites excluding steroid dienone is 4. The molecule has 0 aromatic rings. The van der Waals surface area contributed by atoms with Gasteiger partial charge >= 0.3 is 0 Å². The number of methoxy groups -OCH3 is 2. The van der Waals surface area contributed by atoms with E-state index in [2.05, 4.69) is 13.8 Å². The van der Waals surface area contributed by atoms with Gasteiger partial charge in [-0.15, -0.1) is 0 Å². The lowest BCUT2D eigenvalue weighted by Gasteiger charge is -2.65.